The Balaban J connectivity index is 1.54. The summed E-state index contributed by atoms with van der Waals surface area (Å²) in [5, 5.41) is 9.37. The van der Waals surface area contributed by atoms with Crippen LogP contribution in [0.5, 0.6) is 0 Å². The van der Waals surface area contributed by atoms with E-state index in [1.165, 1.54) is 17.1 Å². The second-order valence-electron chi connectivity index (χ2n) is 6.98. The topological polar surface area (TPSA) is 101 Å². The van der Waals surface area contributed by atoms with Crippen molar-refractivity contribution in [3.05, 3.63) is 48.8 Å². The zero-order chi connectivity index (χ0) is 18.0. The monoisotopic (exact) mass is 354 g/mol. The number of hydrogen-bond donors (Lipinski definition) is 3. The number of carbonyl (C=O) groups excluding carboxylic acids is 2. The van der Waals surface area contributed by atoms with Gasteiger partial charge in [-0.25, -0.2) is 9.78 Å². The van der Waals surface area contributed by atoms with Crippen molar-refractivity contribution in [2.45, 2.75) is 36.8 Å². The van der Waals surface area contributed by atoms with Crippen LogP contribution >= 0.6 is 0 Å². The predicted octanol–water partition coefficient (Wildman–Crippen LogP) is 0.763. The summed E-state index contributed by atoms with van der Waals surface area (Å²) < 4.78 is 1.35. The molecule has 2 aromatic heterocycles. The molecule has 2 aliphatic rings. The van der Waals surface area contributed by atoms with Crippen LogP contribution in [0.4, 0.5) is 4.79 Å². The SMILES string of the molecule is O=C(NC1(C(=O)NC2(c3ccccn3)CC2)CCNCC1)n1ccnc1. The van der Waals surface area contributed by atoms with Crippen LogP contribution in [0.2, 0.25) is 0 Å². The summed E-state index contributed by atoms with van der Waals surface area (Å²) in [7, 11) is 0. The first-order valence-electron chi connectivity index (χ1n) is 8.89. The fourth-order valence-corrected chi connectivity index (χ4v) is 3.46. The maximum atomic E-state index is 13.2. The predicted molar refractivity (Wildman–Crippen MR) is 94.3 cm³/mol. The summed E-state index contributed by atoms with van der Waals surface area (Å²) in [6.45, 7) is 1.35. The molecule has 0 radical (unpaired) electrons. The minimum Gasteiger partial charge on any atom is -0.343 e. The Morgan fingerprint density at radius 3 is 2.50 bits per heavy atom. The fraction of sp³-hybridized carbons (Fsp3) is 0.444. The van der Waals surface area contributed by atoms with Gasteiger partial charge < -0.3 is 16.0 Å². The first-order valence-corrected chi connectivity index (χ1v) is 8.89. The normalized spacial score (nSPS) is 20.2. The highest BCUT2D eigenvalue weighted by Crippen LogP contribution is 2.45. The molecule has 1 saturated heterocycles. The van der Waals surface area contributed by atoms with Crippen molar-refractivity contribution in [1.29, 1.82) is 0 Å². The molecule has 1 aliphatic heterocycles. The van der Waals surface area contributed by atoms with Gasteiger partial charge in [0.2, 0.25) is 5.91 Å². The quantitative estimate of drug-likeness (QED) is 0.753. The van der Waals surface area contributed by atoms with E-state index >= 15 is 0 Å². The highest BCUT2D eigenvalue weighted by atomic mass is 16.2. The zero-order valence-electron chi connectivity index (χ0n) is 14.4. The van der Waals surface area contributed by atoms with Gasteiger partial charge in [0, 0.05) is 18.6 Å². The maximum absolute atomic E-state index is 13.2. The second-order valence-corrected chi connectivity index (χ2v) is 6.98. The Hall–Kier alpha value is -2.74. The lowest BCUT2D eigenvalue weighted by Crippen LogP contribution is -2.64. The van der Waals surface area contributed by atoms with E-state index in [4.69, 9.17) is 0 Å². The van der Waals surface area contributed by atoms with E-state index < -0.39 is 11.1 Å². The number of nitrogens with zero attached hydrogens (tertiary/aromatic N) is 3. The molecule has 2 amide bonds. The molecule has 136 valence electrons. The number of rotatable bonds is 4. The number of hydrogen-bond acceptors (Lipinski definition) is 5. The van der Waals surface area contributed by atoms with Crippen LogP contribution in [0, 0.1) is 0 Å². The van der Waals surface area contributed by atoms with E-state index in [9.17, 15) is 9.59 Å². The highest BCUT2D eigenvalue weighted by Gasteiger charge is 2.51. The van der Waals surface area contributed by atoms with Crippen LogP contribution in [-0.2, 0) is 10.3 Å². The van der Waals surface area contributed by atoms with E-state index in [2.05, 4.69) is 25.9 Å². The molecule has 8 nitrogen and oxygen atoms in total. The molecule has 0 spiro atoms. The van der Waals surface area contributed by atoms with Crippen molar-refractivity contribution in [2.24, 2.45) is 0 Å². The molecular weight excluding hydrogens is 332 g/mol. The molecular formula is C18H22N6O2. The number of piperidine rings is 1. The molecule has 3 heterocycles. The lowest BCUT2D eigenvalue weighted by molar-refractivity contribution is -0.129. The zero-order valence-corrected chi connectivity index (χ0v) is 14.4. The average molecular weight is 354 g/mol. The summed E-state index contributed by atoms with van der Waals surface area (Å²) in [6.07, 6.45) is 9.07. The lowest BCUT2D eigenvalue weighted by atomic mass is 9.86. The van der Waals surface area contributed by atoms with Crippen molar-refractivity contribution in [2.75, 3.05) is 13.1 Å². The molecule has 8 heteroatoms. The molecule has 0 atom stereocenters. The van der Waals surface area contributed by atoms with Gasteiger partial charge in [-0.15, -0.1) is 0 Å². The van der Waals surface area contributed by atoms with Crippen LogP contribution in [-0.4, -0.2) is 45.1 Å². The van der Waals surface area contributed by atoms with Crippen LogP contribution in [0.15, 0.2) is 43.1 Å². The third-order valence-electron chi connectivity index (χ3n) is 5.23. The van der Waals surface area contributed by atoms with Crippen LogP contribution in [0.3, 0.4) is 0 Å². The summed E-state index contributed by atoms with van der Waals surface area (Å²) in [5.41, 5.74) is -0.467. The molecule has 0 unspecified atom stereocenters. The molecule has 0 bridgehead atoms. The van der Waals surface area contributed by atoms with E-state index in [1.807, 2.05) is 18.2 Å². The molecule has 2 aromatic rings. The molecule has 4 rings (SSSR count). The van der Waals surface area contributed by atoms with Gasteiger partial charge in [0.25, 0.3) is 0 Å². The Labute approximate surface area is 151 Å². The van der Waals surface area contributed by atoms with Gasteiger partial charge in [0.15, 0.2) is 0 Å². The van der Waals surface area contributed by atoms with Gasteiger partial charge in [0.05, 0.1) is 11.2 Å². The summed E-state index contributed by atoms with van der Waals surface area (Å²) >= 11 is 0. The number of nitrogens with one attached hydrogen (secondary N) is 3. The Morgan fingerprint density at radius 1 is 1.08 bits per heavy atom. The Morgan fingerprint density at radius 2 is 1.88 bits per heavy atom. The third kappa shape index (κ3) is 3.08. The van der Waals surface area contributed by atoms with E-state index in [0.29, 0.717) is 25.9 Å². The van der Waals surface area contributed by atoms with Gasteiger partial charge in [-0.3, -0.25) is 14.3 Å². The fourth-order valence-electron chi connectivity index (χ4n) is 3.46. The smallest absolute Gasteiger partial charge is 0.327 e. The number of carbonyl (C=O) groups is 2. The first-order chi connectivity index (χ1) is 12.6. The first kappa shape index (κ1) is 16.7. The number of aromatic nitrogens is 3. The minimum atomic E-state index is -0.934. The number of pyridine rings is 1. The molecule has 2 fully saturated rings. The van der Waals surface area contributed by atoms with Gasteiger partial charge in [-0.05, 0) is 50.9 Å². The number of imidazole rings is 1. The van der Waals surface area contributed by atoms with Gasteiger partial charge in [0.1, 0.15) is 11.9 Å². The Bertz CT molecular complexity index is 779. The lowest BCUT2D eigenvalue weighted by Gasteiger charge is -2.38. The van der Waals surface area contributed by atoms with Crippen molar-refractivity contribution >= 4 is 11.9 Å². The minimum absolute atomic E-state index is 0.143. The highest BCUT2D eigenvalue weighted by molar-refractivity contribution is 5.92. The molecule has 3 N–H and O–H groups in total. The van der Waals surface area contributed by atoms with Crippen molar-refractivity contribution in [3.8, 4) is 0 Å². The van der Waals surface area contributed by atoms with Crippen LogP contribution in [0.25, 0.3) is 0 Å². The van der Waals surface area contributed by atoms with Crippen molar-refractivity contribution < 1.29 is 9.59 Å². The van der Waals surface area contributed by atoms with Gasteiger partial charge in [-0.1, -0.05) is 6.07 Å². The molecule has 0 aromatic carbocycles. The van der Waals surface area contributed by atoms with Crippen LogP contribution in [0.1, 0.15) is 31.4 Å². The number of amides is 2. The Kier molecular flexibility index (Phi) is 4.20. The largest absolute Gasteiger partial charge is 0.343 e. The molecule has 26 heavy (non-hydrogen) atoms. The second kappa shape index (κ2) is 6.53. The standard InChI is InChI=1S/C18H22N6O2/c25-15(22-17(4-5-17)14-3-1-2-8-21-14)18(6-9-19-10-7-18)23-16(26)24-12-11-20-13-24/h1-3,8,11-13,19H,4-7,9-10H2,(H,22,25)(H,23,26). The summed E-state index contributed by atoms with van der Waals surface area (Å²) in [5.74, 6) is -0.143. The van der Waals surface area contributed by atoms with E-state index in [0.717, 1.165) is 18.5 Å². The summed E-state index contributed by atoms with van der Waals surface area (Å²) in [4.78, 5) is 34.1. The average Bonchev–Trinajstić information content (AvgIpc) is 3.24. The maximum Gasteiger partial charge on any atom is 0.327 e. The van der Waals surface area contributed by atoms with Gasteiger partial charge in [-0.2, -0.15) is 0 Å². The van der Waals surface area contributed by atoms with Crippen molar-refractivity contribution in [3.63, 3.8) is 0 Å². The molecule has 1 saturated carbocycles. The molecule has 1 aliphatic carbocycles. The van der Waals surface area contributed by atoms with Gasteiger partial charge >= 0.3 is 6.03 Å². The van der Waals surface area contributed by atoms with E-state index in [1.54, 1.807) is 12.4 Å². The van der Waals surface area contributed by atoms with E-state index in [-0.39, 0.29) is 11.9 Å². The summed E-state index contributed by atoms with van der Waals surface area (Å²) in [6, 6.07) is 5.38. The van der Waals surface area contributed by atoms with Crippen molar-refractivity contribution in [1.82, 2.24) is 30.5 Å². The van der Waals surface area contributed by atoms with Crippen LogP contribution < -0.4 is 16.0 Å². The third-order valence-corrected chi connectivity index (χ3v) is 5.23.